The lowest BCUT2D eigenvalue weighted by molar-refractivity contribution is 0.0698. The van der Waals surface area contributed by atoms with Gasteiger partial charge in [-0.25, -0.2) is 17.2 Å². The van der Waals surface area contributed by atoms with Gasteiger partial charge < -0.3 is 13.9 Å². The van der Waals surface area contributed by atoms with E-state index in [0.29, 0.717) is 75.9 Å². The van der Waals surface area contributed by atoms with Crippen molar-refractivity contribution in [2.75, 3.05) is 30.7 Å². The number of nitrogens with zero attached hydrogens (tertiary/aromatic N) is 3. The van der Waals surface area contributed by atoms with Gasteiger partial charge in [-0.3, -0.25) is 13.9 Å². The molecule has 5 aromatic rings. The zero-order valence-corrected chi connectivity index (χ0v) is 26.2. The fourth-order valence-electron chi connectivity index (χ4n) is 6.29. The molecular formula is C34H33F2N3O5S. The number of hydrogen-bond acceptors (Lipinski definition) is 5. The number of carbonyl (C=O) groups is 2. The van der Waals surface area contributed by atoms with E-state index in [2.05, 4.69) is 0 Å². The summed E-state index contributed by atoms with van der Waals surface area (Å²) in [5.41, 5.74) is 3.19. The number of furan rings is 1. The molecule has 45 heavy (non-hydrogen) atoms. The summed E-state index contributed by atoms with van der Waals surface area (Å²) in [5, 5.41) is 0.888. The van der Waals surface area contributed by atoms with Crippen LogP contribution in [0, 0.1) is 11.6 Å². The van der Waals surface area contributed by atoms with Gasteiger partial charge in [0.05, 0.1) is 23.0 Å². The smallest absolute Gasteiger partial charge is 0.270 e. The Morgan fingerprint density at radius 2 is 1.78 bits per heavy atom. The minimum atomic E-state index is -3.70. The Kier molecular flexibility index (Phi) is 7.76. The van der Waals surface area contributed by atoms with Crippen LogP contribution >= 0.6 is 0 Å². The normalized spacial score (nSPS) is 15.6. The third-order valence-corrected chi connectivity index (χ3v) is 9.97. The number of fused-ring (bicyclic) bond motifs is 2. The third-order valence-electron chi connectivity index (χ3n) is 8.78. The van der Waals surface area contributed by atoms with E-state index in [0.717, 1.165) is 6.26 Å². The minimum Gasteiger partial charge on any atom is -0.455 e. The summed E-state index contributed by atoms with van der Waals surface area (Å²) < 4.78 is 62.9. The Labute approximate surface area is 259 Å². The second-order valence-electron chi connectivity index (χ2n) is 11.6. The number of ketones is 1. The van der Waals surface area contributed by atoms with Crippen molar-refractivity contribution < 1.29 is 31.2 Å². The molecule has 1 atom stereocenters. The van der Waals surface area contributed by atoms with Crippen molar-refractivity contribution in [2.24, 2.45) is 7.05 Å². The molecule has 1 aliphatic rings. The number of benzene rings is 3. The van der Waals surface area contributed by atoms with E-state index in [-0.39, 0.29) is 29.8 Å². The minimum absolute atomic E-state index is 0.174. The summed E-state index contributed by atoms with van der Waals surface area (Å²) in [6, 6.07) is 15.4. The van der Waals surface area contributed by atoms with Crippen molar-refractivity contribution in [1.82, 2.24) is 9.47 Å². The van der Waals surface area contributed by atoms with E-state index in [1.54, 1.807) is 53.8 Å². The highest BCUT2D eigenvalue weighted by atomic mass is 32.2. The van der Waals surface area contributed by atoms with E-state index in [4.69, 9.17) is 4.42 Å². The predicted octanol–water partition coefficient (Wildman–Crippen LogP) is 6.88. The first kappa shape index (κ1) is 30.5. The standard InChI is InChI=1S/C34H33F2N3O5S/c1-5-30(40)32-25-16-23(28(38(3)45(4,42)43)18-31(25)44-33(32)20-11-13-22(35)14-12-20)21-8-7-15-39(19-21)34(41)29-17-24-26(36)9-6-10-27(24)37(29)2/h6,9-14,16-18,21H,5,7-8,15,19H2,1-4H3/t21-/m0/s1. The molecule has 0 radical (unpaired) electrons. The van der Waals surface area contributed by atoms with Crippen LogP contribution in [0.15, 0.2) is 65.1 Å². The number of hydrogen-bond donors (Lipinski definition) is 0. The lowest BCUT2D eigenvalue weighted by Gasteiger charge is -2.35. The fourth-order valence-corrected chi connectivity index (χ4v) is 6.81. The fraction of sp³-hybridized carbons (Fsp3) is 0.294. The molecule has 0 bridgehead atoms. The summed E-state index contributed by atoms with van der Waals surface area (Å²) in [6.07, 6.45) is 2.63. The maximum atomic E-state index is 14.5. The Hall–Kier alpha value is -4.51. The van der Waals surface area contributed by atoms with Gasteiger partial charge in [-0.2, -0.15) is 0 Å². The zero-order chi connectivity index (χ0) is 32.2. The van der Waals surface area contributed by atoms with Crippen LogP contribution in [-0.4, -0.2) is 56.0 Å². The number of carbonyl (C=O) groups excluding carboxylic acids is 2. The average molecular weight is 634 g/mol. The van der Waals surface area contributed by atoms with E-state index in [9.17, 15) is 26.8 Å². The molecule has 0 N–H and O–H groups in total. The van der Waals surface area contributed by atoms with E-state index in [1.165, 1.54) is 41.7 Å². The number of rotatable bonds is 7. The Balaban J connectivity index is 1.47. The van der Waals surface area contributed by atoms with Crippen molar-refractivity contribution in [3.05, 3.63) is 89.1 Å². The maximum Gasteiger partial charge on any atom is 0.270 e. The second-order valence-corrected chi connectivity index (χ2v) is 13.6. The van der Waals surface area contributed by atoms with Crippen LogP contribution in [0.5, 0.6) is 0 Å². The molecule has 0 saturated carbocycles. The average Bonchev–Trinajstić information content (AvgIpc) is 3.57. The first-order valence-electron chi connectivity index (χ1n) is 14.8. The molecule has 8 nitrogen and oxygen atoms in total. The number of likely N-dealkylation sites (tertiary alicyclic amines) is 1. The number of piperidine rings is 1. The molecule has 1 saturated heterocycles. The highest BCUT2D eigenvalue weighted by molar-refractivity contribution is 7.92. The molecule has 1 fully saturated rings. The molecule has 11 heteroatoms. The largest absolute Gasteiger partial charge is 0.455 e. The van der Waals surface area contributed by atoms with Crippen LogP contribution in [0.1, 0.15) is 58.5 Å². The summed E-state index contributed by atoms with van der Waals surface area (Å²) in [6.45, 7) is 2.52. The number of sulfonamides is 1. The van der Waals surface area contributed by atoms with Crippen LogP contribution in [0.2, 0.25) is 0 Å². The molecule has 1 aliphatic heterocycles. The highest BCUT2D eigenvalue weighted by Gasteiger charge is 2.32. The van der Waals surface area contributed by atoms with Crippen molar-refractivity contribution in [3.8, 4) is 11.3 Å². The number of aromatic nitrogens is 1. The lowest BCUT2D eigenvalue weighted by atomic mass is 9.87. The molecule has 6 rings (SSSR count). The van der Waals surface area contributed by atoms with Crippen LogP contribution in [-0.2, 0) is 17.1 Å². The number of anilines is 1. The molecule has 0 unspecified atom stereocenters. The summed E-state index contributed by atoms with van der Waals surface area (Å²) in [4.78, 5) is 28.9. The van der Waals surface area contributed by atoms with Gasteiger partial charge in [0.15, 0.2) is 5.78 Å². The SMILES string of the molecule is CCC(=O)c1c(-c2ccc(F)cc2)oc2cc(N(C)S(C)(=O)=O)c([C@H]3CCCN(C(=O)c4cc5c(F)cccc5n4C)C3)cc12. The number of halogens is 2. The van der Waals surface area contributed by atoms with Crippen LogP contribution in [0.3, 0.4) is 0 Å². The molecule has 3 aromatic carbocycles. The van der Waals surface area contributed by atoms with Crippen molar-refractivity contribution in [2.45, 2.75) is 32.1 Å². The molecule has 234 valence electrons. The van der Waals surface area contributed by atoms with Gasteiger partial charge in [-0.15, -0.1) is 0 Å². The quantitative estimate of drug-likeness (QED) is 0.182. The first-order chi connectivity index (χ1) is 21.4. The molecule has 0 spiro atoms. The Morgan fingerprint density at radius 1 is 1.04 bits per heavy atom. The number of amides is 1. The highest BCUT2D eigenvalue weighted by Crippen LogP contribution is 2.42. The molecule has 2 aromatic heterocycles. The molecule has 0 aliphatic carbocycles. The second kappa shape index (κ2) is 11.4. The van der Waals surface area contributed by atoms with Gasteiger partial charge in [0.1, 0.15) is 28.7 Å². The summed E-state index contributed by atoms with van der Waals surface area (Å²) >= 11 is 0. The topological polar surface area (TPSA) is 92.8 Å². The van der Waals surface area contributed by atoms with Gasteiger partial charge in [0, 0.05) is 61.9 Å². The monoisotopic (exact) mass is 633 g/mol. The van der Waals surface area contributed by atoms with Crippen molar-refractivity contribution in [1.29, 1.82) is 0 Å². The number of aryl methyl sites for hydroxylation is 1. The van der Waals surface area contributed by atoms with Crippen LogP contribution < -0.4 is 4.31 Å². The van der Waals surface area contributed by atoms with E-state index >= 15 is 0 Å². The zero-order valence-electron chi connectivity index (χ0n) is 25.4. The van der Waals surface area contributed by atoms with E-state index < -0.39 is 21.7 Å². The van der Waals surface area contributed by atoms with Gasteiger partial charge in [0.2, 0.25) is 10.0 Å². The van der Waals surface area contributed by atoms with Crippen LogP contribution in [0.4, 0.5) is 14.5 Å². The Morgan fingerprint density at radius 3 is 2.44 bits per heavy atom. The Bertz CT molecular complexity index is 2080. The predicted molar refractivity (Wildman–Crippen MR) is 170 cm³/mol. The molecule has 1 amide bonds. The maximum absolute atomic E-state index is 14.5. The summed E-state index contributed by atoms with van der Waals surface area (Å²) in [7, 11) is -0.515. The molecular weight excluding hydrogens is 600 g/mol. The summed E-state index contributed by atoms with van der Waals surface area (Å²) in [5.74, 6) is -1.25. The van der Waals surface area contributed by atoms with Gasteiger partial charge in [-0.05, 0) is 66.9 Å². The number of Topliss-reactive ketones (excluding diaryl/α,β-unsaturated/α-hetero) is 1. The van der Waals surface area contributed by atoms with Gasteiger partial charge in [-0.1, -0.05) is 13.0 Å². The van der Waals surface area contributed by atoms with Crippen LogP contribution in [0.25, 0.3) is 33.2 Å². The van der Waals surface area contributed by atoms with Crippen molar-refractivity contribution in [3.63, 3.8) is 0 Å². The third kappa shape index (κ3) is 5.39. The van der Waals surface area contributed by atoms with Crippen molar-refractivity contribution >= 4 is 49.3 Å². The van der Waals surface area contributed by atoms with Gasteiger partial charge >= 0.3 is 0 Å². The van der Waals surface area contributed by atoms with E-state index in [1.807, 2.05) is 0 Å². The molecule has 3 heterocycles. The van der Waals surface area contributed by atoms with Gasteiger partial charge in [0.25, 0.3) is 5.91 Å². The first-order valence-corrected chi connectivity index (χ1v) is 16.6. The lowest BCUT2D eigenvalue weighted by Crippen LogP contribution is -2.40.